The molecule has 0 aromatic heterocycles. The first-order valence-electron chi connectivity index (χ1n) is 5.60. The summed E-state index contributed by atoms with van der Waals surface area (Å²) >= 11 is 6.03. The summed E-state index contributed by atoms with van der Waals surface area (Å²) in [6, 6.07) is 4.67. The number of hydrogen-bond acceptors (Lipinski definition) is 2. The van der Waals surface area contributed by atoms with Gasteiger partial charge in [-0.2, -0.15) is 0 Å². The third kappa shape index (κ3) is 2.54. The van der Waals surface area contributed by atoms with Crippen LogP contribution in [0, 0.1) is 11.7 Å². The van der Waals surface area contributed by atoms with Crippen LogP contribution in [0.5, 0.6) is 0 Å². The number of nitrogens with one attached hydrogen (secondary N) is 1. The van der Waals surface area contributed by atoms with E-state index in [0.29, 0.717) is 17.4 Å². The number of hydrazine groups is 1. The van der Waals surface area contributed by atoms with E-state index in [0.717, 1.165) is 5.56 Å². The zero-order valence-corrected chi connectivity index (χ0v) is 9.80. The van der Waals surface area contributed by atoms with Crippen LogP contribution in [0.2, 0.25) is 5.02 Å². The molecule has 1 saturated carbocycles. The van der Waals surface area contributed by atoms with Crippen molar-refractivity contribution in [2.24, 2.45) is 11.8 Å². The molecule has 0 aliphatic heterocycles. The fourth-order valence-corrected chi connectivity index (χ4v) is 2.34. The van der Waals surface area contributed by atoms with Crippen LogP contribution >= 0.6 is 11.6 Å². The van der Waals surface area contributed by atoms with Crippen molar-refractivity contribution in [2.75, 3.05) is 0 Å². The van der Waals surface area contributed by atoms with Crippen molar-refractivity contribution < 1.29 is 4.39 Å². The molecule has 0 radical (unpaired) electrons. The molecule has 1 aromatic rings. The van der Waals surface area contributed by atoms with Gasteiger partial charge in [0.15, 0.2) is 0 Å². The Bertz CT molecular complexity index is 366. The third-order valence-corrected chi connectivity index (χ3v) is 3.75. The first-order valence-corrected chi connectivity index (χ1v) is 5.98. The second kappa shape index (κ2) is 5.13. The van der Waals surface area contributed by atoms with Crippen molar-refractivity contribution in [2.45, 2.75) is 31.7 Å². The average Bonchev–Trinajstić information content (AvgIpc) is 2.19. The van der Waals surface area contributed by atoms with Gasteiger partial charge in [-0.1, -0.05) is 18.0 Å². The largest absolute Gasteiger partial charge is 0.271 e. The minimum Gasteiger partial charge on any atom is -0.271 e. The van der Waals surface area contributed by atoms with E-state index in [1.807, 2.05) is 0 Å². The monoisotopic (exact) mass is 242 g/mol. The Morgan fingerprint density at radius 3 is 2.81 bits per heavy atom. The van der Waals surface area contributed by atoms with Gasteiger partial charge in [-0.25, -0.2) is 4.39 Å². The van der Waals surface area contributed by atoms with Crippen LogP contribution in [-0.2, 0) is 6.42 Å². The van der Waals surface area contributed by atoms with Crippen LogP contribution in [0.3, 0.4) is 0 Å². The molecule has 1 atom stereocenters. The summed E-state index contributed by atoms with van der Waals surface area (Å²) in [5.41, 5.74) is 3.65. The number of benzene rings is 1. The zero-order valence-electron chi connectivity index (χ0n) is 9.05. The highest BCUT2D eigenvalue weighted by Gasteiger charge is 2.27. The highest BCUT2D eigenvalue weighted by molar-refractivity contribution is 6.31. The normalized spacial score (nSPS) is 18.2. The zero-order chi connectivity index (χ0) is 11.5. The number of rotatable bonds is 4. The standard InChI is InChI=1S/C12H16ClFN2/c13-11-5-4-10(14)6-9(11)7-12(16-15)8-2-1-3-8/h4-6,8,12,16H,1-3,7,15H2. The van der Waals surface area contributed by atoms with Crippen LogP contribution in [0.1, 0.15) is 24.8 Å². The molecule has 1 unspecified atom stereocenters. The molecule has 4 heteroatoms. The maximum absolute atomic E-state index is 13.1. The van der Waals surface area contributed by atoms with Crippen LogP contribution in [-0.4, -0.2) is 6.04 Å². The van der Waals surface area contributed by atoms with E-state index in [-0.39, 0.29) is 11.9 Å². The van der Waals surface area contributed by atoms with E-state index in [2.05, 4.69) is 5.43 Å². The maximum Gasteiger partial charge on any atom is 0.123 e. The van der Waals surface area contributed by atoms with Crippen molar-refractivity contribution in [3.05, 3.63) is 34.6 Å². The van der Waals surface area contributed by atoms with Crippen molar-refractivity contribution in [1.29, 1.82) is 0 Å². The van der Waals surface area contributed by atoms with Gasteiger partial charge in [-0.15, -0.1) is 0 Å². The lowest BCUT2D eigenvalue weighted by molar-refractivity contribution is 0.228. The number of hydrogen-bond donors (Lipinski definition) is 2. The number of nitrogens with two attached hydrogens (primary N) is 1. The van der Waals surface area contributed by atoms with E-state index in [1.165, 1.54) is 31.4 Å². The molecule has 2 rings (SSSR count). The smallest absolute Gasteiger partial charge is 0.123 e. The Balaban J connectivity index is 2.08. The molecule has 1 aromatic carbocycles. The highest BCUT2D eigenvalue weighted by atomic mass is 35.5. The lowest BCUT2D eigenvalue weighted by Crippen LogP contribution is -2.44. The molecule has 3 N–H and O–H groups in total. The summed E-state index contributed by atoms with van der Waals surface area (Å²) in [5.74, 6) is 5.89. The van der Waals surface area contributed by atoms with Crippen molar-refractivity contribution in [3.63, 3.8) is 0 Å². The molecule has 88 valence electrons. The van der Waals surface area contributed by atoms with Crippen LogP contribution in [0.4, 0.5) is 4.39 Å². The molecule has 0 bridgehead atoms. The molecule has 16 heavy (non-hydrogen) atoms. The van der Waals surface area contributed by atoms with Crippen LogP contribution in [0.25, 0.3) is 0 Å². The molecule has 1 fully saturated rings. The Morgan fingerprint density at radius 2 is 2.25 bits per heavy atom. The first-order chi connectivity index (χ1) is 7.70. The summed E-state index contributed by atoms with van der Waals surface area (Å²) in [7, 11) is 0. The van der Waals surface area contributed by atoms with Gasteiger partial charge in [-0.05, 0) is 48.9 Å². The van der Waals surface area contributed by atoms with E-state index in [4.69, 9.17) is 17.4 Å². The molecule has 0 spiro atoms. The van der Waals surface area contributed by atoms with E-state index < -0.39 is 0 Å². The van der Waals surface area contributed by atoms with Gasteiger partial charge >= 0.3 is 0 Å². The molecule has 0 saturated heterocycles. The van der Waals surface area contributed by atoms with Crippen molar-refractivity contribution in [1.82, 2.24) is 5.43 Å². The van der Waals surface area contributed by atoms with E-state index in [9.17, 15) is 4.39 Å². The highest BCUT2D eigenvalue weighted by Crippen LogP contribution is 2.31. The maximum atomic E-state index is 13.1. The van der Waals surface area contributed by atoms with E-state index >= 15 is 0 Å². The number of halogens is 2. The predicted molar refractivity (Wildman–Crippen MR) is 63.6 cm³/mol. The molecule has 0 heterocycles. The van der Waals surface area contributed by atoms with Gasteiger partial charge in [0.05, 0.1) is 0 Å². The van der Waals surface area contributed by atoms with Crippen LogP contribution in [0.15, 0.2) is 18.2 Å². The lowest BCUT2D eigenvalue weighted by Gasteiger charge is -2.33. The second-order valence-corrected chi connectivity index (χ2v) is 4.81. The molecule has 1 aliphatic rings. The van der Waals surface area contributed by atoms with Gasteiger partial charge in [-0.3, -0.25) is 11.3 Å². The van der Waals surface area contributed by atoms with Gasteiger partial charge in [0.2, 0.25) is 0 Å². The average molecular weight is 243 g/mol. The summed E-state index contributed by atoms with van der Waals surface area (Å²) in [5, 5.41) is 0.612. The minimum absolute atomic E-state index is 0.202. The molecule has 1 aliphatic carbocycles. The predicted octanol–water partition coefficient (Wildman–Crippen LogP) is 2.65. The molecule has 2 nitrogen and oxygen atoms in total. The second-order valence-electron chi connectivity index (χ2n) is 4.40. The third-order valence-electron chi connectivity index (χ3n) is 3.38. The van der Waals surface area contributed by atoms with E-state index in [1.54, 1.807) is 6.07 Å². The van der Waals surface area contributed by atoms with Gasteiger partial charge in [0.25, 0.3) is 0 Å². The van der Waals surface area contributed by atoms with Crippen molar-refractivity contribution >= 4 is 11.6 Å². The van der Waals surface area contributed by atoms with Gasteiger partial charge < -0.3 is 0 Å². The minimum atomic E-state index is -0.246. The Morgan fingerprint density at radius 1 is 1.50 bits per heavy atom. The fourth-order valence-electron chi connectivity index (χ4n) is 2.14. The summed E-state index contributed by atoms with van der Waals surface area (Å²) in [4.78, 5) is 0. The summed E-state index contributed by atoms with van der Waals surface area (Å²) in [6.07, 6.45) is 4.35. The summed E-state index contributed by atoms with van der Waals surface area (Å²) < 4.78 is 13.1. The molecule has 0 amide bonds. The first kappa shape index (κ1) is 11.8. The SMILES string of the molecule is NNC(Cc1cc(F)ccc1Cl)C1CCC1. The fraction of sp³-hybridized carbons (Fsp3) is 0.500. The van der Waals surface area contributed by atoms with Crippen LogP contribution < -0.4 is 11.3 Å². The lowest BCUT2D eigenvalue weighted by atomic mass is 9.78. The Kier molecular flexibility index (Phi) is 3.79. The Labute approximate surface area is 99.9 Å². The van der Waals surface area contributed by atoms with Crippen molar-refractivity contribution in [3.8, 4) is 0 Å². The Hall–Kier alpha value is -0.640. The molecular formula is C12H16ClFN2. The van der Waals surface area contributed by atoms with Gasteiger partial charge in [0, 0.05) is 11.1 Å². The topological polar surface area (TPSA) is 38.0 Å². The molecular weight excluding hydrogens is 227 g/mol. The van der Waals surface area contributed by atoms with Gasteiger partial charge in [0.1, 0.15) is 5.82 Å². The quantitative estimate of drug-likeness (QED) is 0.629. The summed E-state index contributed by atoms with van der Waals surface area (Å²) in [6.45, 7) is 0.